The van der Waals surface area contributed by atoms with Crippen LogP contribution in [0.2, 0.25) is 0 Å². The third-order valence-corrected chi connectivity index (χ3v) is 9.51. The van der Waals surface area contributed by atoms with Gasteiger partial charge in [0.2, 0.25) is 0 Å². The van der Waals surface area contributed by atoms with Gasteiger partial charge in [0.25, 0.3) is 0 Å². The normalized spacial score (nSPS) is 40.1. The van der Waals surface area contributed by atoms with Crippen LogP contribution in [-0.2, 0) is 0 Å². The van der Waals surface area contributed by atoms with Crippen LogP contribution in [0.25, 0.3) is 0 Å². The molecule has 0 spiro atoms. The van der Waals surface area contributed by atoms with E-state index in [1.54, 1.807) is 6.92 Å². The number of hydrogen-bond donors (Lipinski definition) is 2. The molecule has 0 radical (unpaired) electrons. The molecule has 0 bridgehead atoms. The molecule has 0 amide bonds. The Morgan fingerprint density at radius 2 is 1.75 bits per heavy atom. The van der Waals surface area contributed by atoms with Crippen LogP contribution in [0.15, 0.2) is 0 Å². The number of fused-ring (bicyclic) bond motifs is 1. The number of hydrazine groups is 1. The van der Waals surface area contributed by atoms with Crippen LogP contribution < -0.4 is 10.7 Å². The zero-order chi connectivity index (χ0) is 21.9. The van der Waals surface area contributed by atoms with Crippen molar-refractivity contribution in [3.63, 3.8) is 0 Å². The Balaban J connectivity index is 1.13. The molecule has 0 aromatic rings. The smallest absolute Gasteiger partial charge is 0.100 e. The van der Waals surface area contributed by atoms with Gasteiger partial charge in [0.05, 0.1) is 0 Å². The molecule has 184 valence electrons. The molecule has 5 rings (SSSR count). The average Bonchev–Trinajstić information content (AvgIpc) is 3.17. The number of alkyl halides is 1. The average molecular weight is 450 g/mol. The fourth-order valence-corrected chi connectivity index (χ4v) is 7.68. The minimum absolute atomic E-state index is 0.258. The van der Waals surface area contributed by atoms with E-state index in [0.29, 0.717) is 24.0 Å². The Bertz CT molecular complexity index is 583. The van der Waals surface area contributed by atoms with Crippen molar-refractivity contribution in [1.29, 1.82) is 0 Å². The maximum absolute atomic E-state index is 14.4. The molecule has 6 atom stereocenters. The van der Waals surface area contributed by atoms with Gasteiger partial charge < -0.3 is 10.2 Å². The van der Waals surface area contributed by atoms with E-state index in [-0.39, 0.29) is 5.92 Å². The lowest BCUT2D eigenvalue weighted by atomic mass is 9.70. The Morgan fingerprint density at radius 1 is 0.875 bits per heavy atom. The zero-order valence-electron chi connectivity index (χ0n) is 20.5. The van der Waals surface area contributed by atoms with Crippen molar-refractivity contribution in [3.05, 3.63) is 0 Å². The minimum Gasteiger partial charge on any atom is -0.312 e. The summed E-state index contributed by atoms with van der Waals surface area (Å²) in [7, 11) is 0. The van der Waals surface area contributed by atoms with Crippen molar-refractivity contribution in [2.24, 2.45) is 11.8 Å². The molecule has 5 fully saturated rings. The van der Waals surface area contributed by atoms with Crippen LogP contribution in [0, 0.1) is 11.8 Å². The SMILES string of the molecule is CC(F)C1CC2CCCNC2C(N2CCCN(CC3CCN(C4CCCCC4)N3)CC2)C1. The van der Waals surface area contributed by atoms with Crippen LogP contribution in [0.1, 0.15) is 77.6 Å². The highest BCUT2D eigenvalue weighted by Gasteiger charge is 2.43. The van der Waals surface area contributed by atoms with Gasteiger partial charge in [0.1, 0.15) is 6.17 Å². The fourth-order valence-electron chi connectivity index (χ4n) is 7.68. The molecule has 0 aromatic heterocycles. The third-order valence-electron chi connectivity index (χ3n) is 9.51. The van der Waals surface area contributed by atoms with Crippen LogP contribution in [0.5, 0.6) is 0 Å². The molecule has 2 N–H and O–H groups in total. The van der Waals surface area contributed by atoms with E-state index in [9.17, 15) is 4.39 Å². The molecule has 3 saturated heterocycles. The molecular weight excluding hydrogens is 401 g/mol. The Morgan fingerprint density at radius 3 is 2.59 bits per heavy atom. The van der Waals surface area contributed by atoms with Crippen molar-refractivity contribution in [1.82, 2.24) is 25.6 Å². The summed E-state index contributed by atoms with van der Waals surface area (Å²) in [6, 6.07) is 2.52. The number of nitrogens with one attached hydrogen (secondary N) is 2. The first kappa shape index (κ1) is 23.5. The van der Waals surface area contributed by atoms with Crippen molar-refractivity contribution in [2.45, 2.75) is 108 Å². The lowest BCUT2D eigenvalue weighted by molar-refractivity contribution is 0.0248. The molecule has 3 heterocycles. The van der Waals surface area contributed by atoms with Crippen LogP contribution in [0.3, 0.4) is 0 Å². The van der Waals surface area contributed by atoms with Gasteiger partial charge in [0, 0.05) is 50.3 Å². The molecule has 0 aromatic carbocycles. The second kappa shape index (κ2) is 11.0. The maximum Gasteiger partial charge on any atom is 0.100 e. The van der Waals surface area contributed by atoms with Crippen molar-refractivity contribution in [3.8, 4) is 0 Å². The summed E-state index contributed by atoms with van der Waals surface area (Å²) in [5.74, 6) is 0.937. The van der Waals surface area contributed by atoms with Gasteiger partial charge in [-0.15, -0.1) is 0 Å². The predicted molar refractivity (Wildman–Crippen MR) is 129 cm³/mol. The molecule has 6 heteroatoms. The molecule has 3 aliphatic heterocycles. The van der Waals surface area contributed by atoms with E-state index < -0.39 is 6.17 Å². The molecule has 5 aliphatic rings. The van der Waals surface area contributed by atoms with Crippen LogP contribution in [0.4, 0.5) is 4.39 Å². The summed E-state index contributed by atoms with van der Waals surface area (Å²) in [5, 5.41) is 6.45. The molecule has 2 saturated carbocycles. The van der Waals surface area contributed by atoms with E-state index in [1.165, 1.54) is 90.5 Å². The van der Waals surface area contributed by atoms with E-state index in [0.717, 1.165) is 32.0 Å². The van der Waals surface area contributed by atoms with Crippen LogP contribution in [-0.4, -0.2) is 91.0 Å². The van der Waals surface area contributed by atoms with Gasteiger partial charge in [-0.3, -0.25) is 10.3 Å². The number of nitrogens with zero attached hydrogens (tertiary/aromatic N) is 3. The molecule has 2 aliphatic carbocycles. The monoisotopic (exact) mass is 449 g/mol. The summed E-state index contributed by atoms with van der Waals surface area (Å²) < 4.78 is 14.4. The summed E-state index contributed by atoms with van der Waals surface area (Å²) in [5.41, 5.74) is 3.88. The van der Waals surface area contributed by atoms with Gasteiger partial charge in [-0.25, -0.2) is 9.40 Å². The maximum atomic E-state index is 14.4. The lowest BCUT2D eigenvalue weighted by Gasteiger charge is -2.49. The zero-order valence-corrected chi connectivity index (χ0v) is 20.5. The molecule has 5 nitrogen and oxygen atoms in total. The number of hydrogen-bond acceptors (Lipinski definition) is 5. The lowest BCUT2D eigenvalue weighted by Crippen LogP contribution is -2.60. The Hall–Kier alpha value is -0.270. The number of piperidine rings is 1. The molecule has 32 heavy (non-hydrogen) atoms. The fraction of sp³-hybridized carbons (Fsp3) is 1.00. The molecular formula is C26H48FN5. The predicted octanol–water partition coefficient (Wildman–Crippen LogP) is 3.41. The summed E-state index contributed by atoms with van der Waals surface area (Å²) >= 11 is 0. The first-order valence-electron chi connectivity index (χ1n) is 14.0. The van der Waals surface area contributed by atoms with Gasteiger partial charge >= 0.3 is 0 Å². The van der Waals surface area contributed by atoms with E-state index in [1.807, 2.05) is 0 Å². The quantitative estimate of drug-likeness (QED) is 0.672. The standard InChI is InChI=1S/C26H48FN5/c1-20(27)22-17-21-7-5-11-28-26(21)25(18-22)31-13-6-12-30(15-16-31)19-23-10-14-32(29-23)24-8-3-2-4-9-24/h20-26,28-29H,2-19H2,1H3. The summed E-state index contributed by atoms with van der Waals surface area (Å²) in [6.45, 7) is 10.1. The molecule has 6 unspecified atom stereocenters. The van der Waals surface area contributed by atoms with Crippen molar-refractivity contribution < 1.29 is 4.39 Å². The Kier molecular flexibility index (Phi) is 8.06. The van der Waals surface area contributed by atoms with Crippen molar-refractivity contribution >= 4 is 0 Å². The topological polar surface area (TPSA) is 33.8 Å². The van der Waals surface area contributed by atoms with E-state index in [2.05, 4.69) is 25.6 Å². The summed E-state index contributed by atoms with van der Waals surface area (Å²) in [6.07, 6.45) is 13.6. The first-order valence-corrected chi connectivity index (χ1v) is 14.0. The first-order chi connectivity index (χ1) is 15.7. The van der Waals surface area contributed by atoms with Gasteiger partial charge in [-0.05, 0) is 89.8 Å². The largest absolute Gasteiger partial charge is 0.312 e. The van der Waals surface area contributed by atoms with E-state index in [4.69, 9.17) is 0 Å². The van der Waals surface area contributed by atoms with E-state index >= 15 is 0 Å². The highest BCUT2D eigenvalue weighted by atomic mass is 19.1. The van der Waals surface area contributed by atoms with Gasteiger partial charge in [0.15, 0.2) is 0 Å². The highest BCUT2D eigenvalue weighted by molar-refractivity contribution is 4.99. The van der Waals surface area contributed by atoms with Gasteiger partial charge in [-0.1, -0.05) is 19.3 Å². The highest BCUT2D eigenvalue weighted by Crippen LogP contribution is 2.39. The number of rotatable bonds is 5. The van der Waals surface area contributed by atoms with Crippen molar-refractivity contribution in [2.75, 3.05) is 45.8 Å². The second-order valence-electron chi connectivity index (χ2n) is 11.6. The van der Waals surface area contributed by atoms with Crippen LogP contribution >= 0.6 is 0 Å². The Labute approximate surface area is 195 Å². The third kappa shape index (κ3) is 5.51. The van der Waals surface area contributed by atoms with Gasteiger partial charge in [-0.2, -0.15) is 0 Å². The number of halogens is 1. The minimum atomic E-state index is -0.663. The summed E-state index contributed by atoms with van der Waals surface area (Å²) in [4.78, 5) is 5.47. The second-order valence-corrected chi connectivity index (χ2v) is 11.6.